The number of nitrogens with one attached hydrogen (secondary N) is 1. The fourth-order valence-electron chi connectivity index (χ4n) is 1.94. The molecule has 0 amide bonds. The van der Waals surface area contributed by atoms with E-state index in [0.717, 1.165) is 32.6 Å². The smallest absolute Gasteiger partial charge is 0.0604 e. The lowest BCUT2D eigenvalue weighted by molar-refractivity contribution is 0.196. The second-order valence-corrected chi connectivity index (χ2v) is 4.41. The van der Waals surface area contributed by atoms with Crippen molar-refractivity contribution in [1.82, 2.24) is 15.2 Å². The number of hydrogen-bond donors (Lipinski definition) is 1. The summed E-state index contributed by atoms with van der Waals surface area (Å²) >= 11 is 0. The van der Waals surface area contributed by atoms with Gasteiger partial charge in [0.05, 0.1) is 6.54 Å². The fraction of sp³-hybridized carbons (Fsp3) is 0.500. The summed E-state index contributed by atoms with van der Waals surface area (Å²) in [4.78, 5) is 6.42. The van der Waals surface area contributed by atoms with Crippen LogP contribution in [0.1, 0.15) is 12.5 Å². The highest BCUT2D eigenvalue weighted by atomic mass is 15.2. The van der Waals surface area contributed by atoms with Crippen molar-refractivity contribution in [2.45, 2.75) is 19.4 Å². The lowest BCUT2D eigenvalue weighted by Crippen LogP contribution is -2.49. The Morgan fingerprint density at radius 2 is 2.24 bits per heavy atom. The van der Waals surface area contributed by atoms with E-state index in [2.05, 4.69) is 34.0 Å². The molecule has 2 heterocycles. The largest absolute Gasteiger partial charge is 0.314 e. The minimum absolute atomic E-state index is 0.596. The van der Waals surface area contributed by atoms with E-state index in [1.807, 2.05) is 24.5 Å². The van der Waals surface area contributed by atoms with E-state index in [-0.39, 0.29) is 0 Å². The molecule has 1 aromatic rings. The Hall–Kier alpha value is -1.37. The van der Waals surface area contributed by atoms with Crippen molar-refractivity contribution in [3.8, 4) is 11.8 Å². The third-order valence-electron chi connectivity index (χ3n) is 3.09. The van der Waals surface area contributed by atoms with Crippen molar-refractivity contribution in [3.05, 3.63) is 30.1 Å². The highest BCUT2D eigenvalue weighted by Gasteiger charge is 2.15. The van der Waals surface area contributed by atoms with Gasteiger partial charge >= 0.3 is 0 Å². The van der Waals surface area contributed by atoms with Crippen LogP contribution in [0.3, 0.4) is 0 Å². The molecule has 3 heteroatoms. The van der Waals surface area contributed by atoms with Crippen molar-refractivity contribution in [2.24, 2.45) is 0 Å². The van der Waals surface area contributed by atoms with Crippen LogP contribution >= 0.6 is 0 Å². The summed E-state index contributed by atoms with van der Waals surface area (Å²) in [6, 6.07) is 4.63. The number of nitrogens with zero attached hydrogens (tertiary/aromatic N) is 2. The van der Waals surface area contributed by atoms with E-state index in [4.69, 9.17) is 0 Å². The van der Waals surface area contributed by atoms with E-state index >= 15 is 0 Å². The Bertz CT molecular complexity index is 391. The van der Waals surface area contributed by atoms with Crippen LogP contribution in [0.25, 0.3) is 0 Å². The number of rotatable bonds is 2. The van der Waals surface area contributed by atoms with Crippen LogP contribution in [0.4, 0.5) is 0 Å². The molecule has 1 aliphatic heterocycles. The van der Waals surface area contributed by atoms with Crippen LogP contribution in [-0.2, 0) is 6.42 Å². The van der Waals surface area contributed by atoms with Gasteiger partial charge in [0.2, 0.25) is 0 Å². The van der Waals surface area contributed by atoms with E-state index in [1.165, 1.54) is 5.56 Å². The molecule has 3 nitrogen and oxygen atoms in total. The third kappa shape index (κ3) is 3.85. The molecule has 0 spiro atoms. The molecule has 0 aliphatic carbocycles. The maximum Gasteiger partial charge on any atom is 0.0604 e. The monoisotopic (exact) mass is 229 g/mol. The van der Waals surface area contributed by atoms with Gasteiger partial charge in [-0.05, 0) is 24.6 Å². The van der Waals surface area contributed by atoms with E-state index in [0.29, 0.717) is 6.04 Å². The summed E-state index contributed by atoms with van der Waals surface area (Å²) in [5, 5.41) is 3.38. The maximum absolute atomic E-state index is 3.99. The summed E-state index contributed by atoms with van der Waals surface area (Å²) in [6.45, 7) is 6.39. The van der Waals surface area contributed by atoms with Gasteiger partial charge in [0.25, 0.3) is 0 Å². The number of pyridine rings is 1. The second kappa shape index (κ2) is 6.39. The normalized spacial score (nSPS) is 20.6. The Morgan fingerprint density at radius 3 is 3.00 bits per heavy atom. The molecule has 1 atom stereocenters. The fourth-order valence-corrected chi connectivity index (χ4v) is 1.94. The highest BCUT2D eigenvalue weighted by molar-refractivity contribution is 5.18. The van der Waals surface area contributed by atoms with Gasteiger partial charge in [0.15, 0.2) is 0 Å². The summed E-state index contributed by atoms with van der Waals surface area (Å²) in [7, 11) is 0. The first kappa shape index (κ1) is 12.1. The Morgan fingerprint density at radius 1 is 1.41 bits per heavy atom. The number of hydrogen-bond acceptors (Lipinski definition) is 3. The molecule has 1 fully saturated rings. The van der Waals surface area contributed by atoms with Crippen molar-refractivity contribution in [1.29, 1.82) is 0 Å². The Balaban J connectivity index is 1.78. The molecule has 0 radical (unpaired) electrons. The summed E-state index contributed by atoms with van der Waals surface area (Å²) < 4.78 is 0. The minimum Gasteiger partial charge on any atom is -0.314 e. The first-order valence-electron chi connectivity index (χ1n) is 6.15. The quantitative estimate of drug-likeness (QED) is 0.764. The van der Waals surface area contributed by atoms with Crippen LogP contribution in [0.15, 0.2) is 24.5 Å². The van der Waals surface area contributed by atoms with Crippen LogP contribution in [0.2, 0.25) is 0 Å². The van der Waals surface area contributed by atoms with Crippen LogP contribution in [0, 0.1) is 11.8 Å². The van der Waals surface area contributed by atoms with Crippen LogP contribution in [-0.4, -0.2) is 42.1 Å². The zero-order valence-electron chi connectivity index (χ0n) is 10.3. The van der Waals surface area contributed by atoms with E-state index in [1.54, 1.807) is 0 Å². The molecular weight excluding hydrogens is 210 g/mol. The van der Waals surface area contributed by atoms with Gasteiger partial charge in [0, 0.05) is 44.5 Å². The van der Waals surface area contributed by atoms with E-state index in [9.17, 15) is 0 Å². The molecule has 1 aliphatic rings. The molecule has 90 valence electrons. The van der Waals surface area contributed by atoms with Crippen molar-refractivity contribution in [3.63, 3.8) is 0 Å². The first-order chi connectivity index (χ1) is 8.36. The Kier molecular flexibility index (Phi) is 4.54. The van der Waals surface area contributed by atoms with Crippen molar-refractivity contribution < 1.29 is 0 Å². The lowest BCUT2D eigenvalue weighted by Gasteiger charge is -2.32. The molecular formula is C14H19N3. The number of aromatic nitrogens is 1. The Labute approximate surface area is 103 Å². The predicted octanol–water partition coefficient (Wildman–Crippen LogP) is 0.921. The zero-order chi connectivity index (χ0) is 11.9. The molecule has 1 aromatic heterocycles. The molecule has 1 saturated heterocycles. The highest BCUT2D eigenvalue weighted by Crippen LogP contribution is 2.00. The van der Waals surface area contributed by atoms with Crippen LogP contribution in [0.5, 0.6) is 0 Å². The van der Waals surface area contributed by atoms with Gasteiger partial charge in [-0.3, -0.25) is 9.88 Å². The van der Waals surface area contributed by atoms with Gasteiger partial charge in [-0.2, -0.15) is 0 Å². The predicted molar refractivity (Wildman–Crippen MR) is 69.6 cm³/mol. The third-order valence-corrected chi connectivity index (χ3v) is 3.09. The van der Waals surface area contributed by atoms with Gasteiger partial charge in [0.1, 0.15) is 0 Å². The maximum atomic E-state index is 3.99. The SMILES string of the molecule is CC1CNCCN1CC#CCc1ccncc1. The topological polar surface area (TPSA) is 28.2 Å². The summed E-state index contributed by atoms with van der Waals surface area (Å²) in [6.07, 6.45) is 4.45. The van der Waals surface area contributed by atoms with Crippen molar-refractivity contribution in [2.75, 3.05) is 26.2 Å². The van der Waals surface area contributed by atoms with Gasteiger partial charge in [-0.25, -0.2) is 0 Å². The van der Waals surface area contributed by atoms with Crippen LogP contribution < -0.4 is 5.32 Å². The molecule has 1 N–H and O–H groups in total. The average molecular weight is 229 g/mol. The molecule has 0 saturated carbocycles. The number of piperazine rings is 1. The minimum atomic E-state index is 0.596. The van der Waals surface area contributed by atoms with Crippen molar-refractivity contribution >= 4 is 0 Å². The second-order valence-electron chi connectivity index (χ2n) is 4.41. The zero-order valence-corrected chi connectivity index (χ0v) is 10.3. The molecule has 1 unspecified atom stereocenters. The molecule has 2 rings (SSSR count). The van der Waals surface area contributed by atoms with Gasteiger partial charge < -0.3 is 5.32 Å². The molecule has 0 aromatic carbocycles. The molecule has 17 heavy (non-hydrogen) atoms. The first-order valence-corrected chi connectivity index (χ1v) is 6.15. The summed E-state index contributed by atoms with van der Waals surface area (Å²) in [5.74, 6) is 6.49. The lowest BCUT2D eigenvalue weighted by atomic mass is 10.2. The molecule has 0 bridgehead atoms. The van der Waals surface area contributed by atoms with Gasteiger partial charge in [-0.1, -0.05) is 11.8 Å². The summed E-state index contributed by atoms with van der Waals surface area (Å²) in [5.41, 5.74) is 1.24. The van der Waals surface area contributed by atoms with Gasteiger partial charge in [-0.15, -0.1) is 0 Å². The average Bonchev–Trinajstić information content (AvgIpc) is 2.38. The standard InChI is InChI=1S/C14H19N3/c1-13-12-16-9-11-17(13)10-3-2-4-14-5-7-15-8-6-14/h5-8,13,16H,4,9-12H2,1H3. The van der Waals surface area contributed by atoms with E-state index < -0.39 is 0 Å².